The Hall–Kier alpha value is -2.76. The van der Waals surface area contributed by atoms with Gasteiger partial charge in [0.05, 0.1) is 5.56 Å². The lowest BCUT2D eigenvalue weighted by Crippen LogP contribution is -2.42. The first-order valence-electron chi connectivity index (χ1n) is 7.96. The Kier molecular flexibility index (Phi) is 4.79. The number of halogens is 2. The van der Waals surface area contributed by atoms with Crippen molar-refractivity contribution < 1.29 is 23.1 Å². The predicted molar refractivity (Wildman–Crippen MR) is 86.8 cm³/mol. The van der Waals surface area contributed by atoms with Gasteiger partial charge in [-0.3, -0.25) is 4.79 Å². The van der Waals surface area contributed by atoms with Gasteiger partial charge in [0.25, 0.3) is 5.91 Å². The third-order valence-corrected chi connectivity index (χ3v) is 4.17. The van der Waals surface area contributed by atoms with E-state index in [-0.39, 0.29) is 11.5 Å². The van der Waals surface area contributed by atoms with Crippen molar-refractivity contribution in [3.8, 4) is 0 Å². The molecule has 0 saturated heterocycles. The fourth-order valence-electron chi connectivity index (χ4n) is 2.89. The molecule has 1 amide bonds. The van der Waals surface area contributed by atoms with E-state index >= 15 is 0 Å². The standard InChI is InChI=1S/C19H17F2NO3/c1-12(25-19(24)15-8-16(20)10-17(21)9-15)18(23)22-7-6-13-4-2-3-5-14(13)11-22/h2-5,8-10,12H,6-7,11H2,1H3/t12-/m0/s1. The van der Waals surface area contributed by atoms with E-state index in [1.54, 1.807) is 4.90 Å². The van der Waals surface area contributed by atoms with Crippen molar-refractivity contribution in [3.63, 3.8) is 0 Å². The summed E-state index contributed by atoms with van der Waals surface area (Å²) in [5.74, 6) is -3.02. The molecular weight excluding hydrogens is 328 g/mol. The number of esters is 1. The van der Waals surface area contributed by atoms with Crippen molar-refractivity contribution in [3.05, 3.63) is 70.8 Å². The van der Waals surface area contributed by atoms with Crippen LogP contribution in [0.25, 0.3) is 0 Å². The van der Waals surface area contributed by atoms with E-state index in [9.17, 15) is 18.4 Å². The molecule has 3 rings (SSSR count). The molecule has 1 aliphatic heterocycles. The summed E-state index contributed by atoms with van der Waals surface area (Å²) >= 11 is 0. The van der Waals surface area contributed by atoms with Gasteiger partial charge in [0.2, 0.25) is 0 Å². The second-order valence-electron chi connectivity index (χ2n) is 5.98. The van der Waals surface area contributed by atoms with Crippen LogP contribution in [0, 0.1) is 11.6 Å². The highest BCUT2D eigenvalue weighted by Crippen LogP contribution is 2.20. The molecule has 0 fully saturated rings. The molecule has 2 aromatic carbocycles. The van der Waals surface area contributed by atoms with Crippen LogP contribution < -0.4 is 0 Å². The van der Waals surface area contributed by atoms with Crippen LogP contribution in [0.4, 0.5) is 8.78 Å². The molecule has 1 heterocycles. The molecule has 0 unspecified atom stereocenters. The van der Waals surface area contributed by atoms with Gasteiger partial charge >= 0.3 is 5.97 Å². The Labute approximate surface area is 144 Å². The van der Waals surface area contributed by atoms with Crippen molar-refractivity contribution in [1.82, 2.24) is 4.90 Å². The number of carbonyl (C=O) groups excluding carboxylic acids is 2. The van der Waals surface area contributed by atoms with Crippen LogP contribution in [-0.4, -0.2) is 29.4 Å². The van der Waals surface area contributed by atoms with E-state index in [4.69, 9.17) is 4.74 Å². The molecule has 0 aliphatic carbocycles. The van der Waals surface area contributed by atoms with Crippen molar-refractivity contribution >= 4 is 11.9 Å². The minimum Gasteiger partial charge on any atom is -0.449 e. The monoisotopic (exact) mass is 345 g/mol. The summed E-state index contributed by atoms with van der Waals surface area (Å²) in [6.45, 7) is 2.44. The van der Waals surface area contributed by atoms with E-state index in [0.717, 1.165) is 24.1 Å². The first kappa shape index (κ1) is 17.1. The van der Waals surface area contributed by atoms with E-state index in [2.05, 4.69) is 0 Å². The van der Waals surface area contributed by atoms with Crippen molar-refractivity contribution in [2.24, 2.45) is 0 Å². The van der Waals surface area contributed by atoms with Crippen molar-refractivity contribution in [1.29, 1.82) is 0 Å². The van der Waals surface area contributed by atoms with Gasteiger partial charge in [0, 0.05) is 19.2 Å². The third-order valence-electron chi connectivity index (χ3n) is 4.17. The molecular formula is C19H17F2NO3. The van der Waals surface area contributed by atoms with Gasteiger partial charge in [-0.25, -0.2) is 13.6 Å². The molecule has 0 radical (unpaired) electrons. The largest absolute Gasteiger partial charge is 0.449 e. The maximum Gasteiger partial charge on any atom is 0.339 e. The summed E-state index contributed by atoms with van der Waals surface area (Å²) in [5, 5.41) is 0. The van der Waals surface area contributed by atoms with Gasteiger partial charge in [-0.05, 0) is 36.6 Å². The lowest BCUT2D eigenvalue weighted by molar-refractivity contribution is -0.140. The topological polar surface area (TPSA) is 46.6 Å². The number of benzene rings is 2. The zero-order chi connectivity index (χ0) is 18.0. The zero-order valence-corrected chi connectivity index (χ0v) is 13.7. The van der Waals surface area contributed by atoms with Gasteiger partial charge in [-0.2, -0.15) is 0 Å². The Morgan fingerprint density at radius 3 is 2.40 bits per heavy atom. The van der Waals surface area contributed by atoms with Crippen LogP contribution in [0.5, 0.6) is 0 Å². The van der Waals surface area contributed by atoms with Crippen molar-refractivity contribution in [2.75, 3.05) is 6.54 Å². The molecule has 6 heteroatoms. The normalized spacial score (nSPS) is 14.6. The maximum atomic E-state index is 13.2. The average Bonchev–Trinajstić information content (AvgIpc) is 2.59. The van der Waals surface area contributed by atoms with Crippen LogP contribution in [0.1, 0.15) is 28.4 Å². The van der Waals surface area contributed by atoms with E-state index < -0.39 is 23.7 Å². The molecule has 0 N–H and O–H groups in total. The molecule has 4 nitrogen and oxygen atoms in total. The first-order chi connectivity index (χ1) is 11.9. The molecule has 2 aromatic rings. The van der Waals surface area contributed by atoms with E-state index in [0.29, 0.717) is 19.2 Å². The van der Waals surface area contributed by atoms with Gasteiger partial charge < -0.3 is 9.64 Å². The fraction of sp³-hybridized carbons (Fsp3) is 0.263. The van der Waals surface area contributed by atoms with Crippen molar-refractivity contribution in [2.45, 2.75) is 26.0 Å². The number of carbonyl (C=O) groups is 2. The maximum absolute atomic E-state index is 13.2. The zero-order valence-electron chi connectivity index (χ0n) is 13.7. The number of hydrogen-bond acceptors (Lipinski definition) is 3. The Morgan fingerprint density at radius 2 is 1.72 bits per heavy atom. The van der Waals surface area contributed by atoms with Crippen LogP contribution in [0.15, 0.2) is 42.5 Å². The van der Waals surface area contributed by atoms with E-state index in [1.165, 1.54) is 12.5 Å². The Morgan fingerprint density at radius 1 is 1.08 bits per heavy atom. The number of amides is 1. The van der Waals surface area contributed by atoms with Crippen LogP contribution in [0.2, 0.25) is 0 Å². The quantitative estimate of drug-likeness (QED) is 0.803. The number of rotatable bonds is 3. The highest BCUT2D eigenvalue weighted by Gasteiger charge is 2.27. The molecule has 1 atom stereocenters. The highest BCUT2D eigenvalue weighted by molar-refractivity contribution is 5.92. The number of ether oxygens (including phenoxy) is 1. The summed E-state index contributed by atoms with van der Waals surface area (Å²) in [6, 6.07) is 10.3. The predicted octanol–water partition coefficient (Wildman–Crippen LogP) is 3.10. The molecule has 1 aliphatic rings. The minimum atomic E-state index is -1.04. The second kappa shape index (κ2) is 7.01. The minimum absolute atomic E-state index is 0.263. The van der Waals surface area contributed by atoms with Crippen LogP contribution in [-0.2, 0) is 22.5 Å². The SMILES string of the molecule is C[C@H](OC(=O)c1cc(F)cc(F)c1)C(=O)N1CCc2ccccc2C1. The van der Waals surface area contributed by atoms with Gasteiger partial charge in [-0.1, -0.05) is 24.3 Å². The molecule has 0 spiro atoms. The first-order valence-corrected chi connectivity index (χ1v) is 7.96. The van der Waals surface area contributed by atoms with E-state index in [1.807, 2.05) is 24.3 Å². The van der Waals surface area contributed by atoms with Crippen LogP contribution >= 0.6 is 0 Å². The molecule has 130 valence electrons. The van der Waals surface area contributed by atoms with Gasteiger partial charge in [0.15, 0.2) is 6.10 Å². The van der Waals surface area contributed by atoms with Gasteiger partial charge in [0.1, 0.15) is 11.6 Å². The number of hydrogen-bond donors (Lipinski definition) is 0. The summed E-state index contributed by atoms with van der Waals surface area (Å²) in [6.07, 6.45) is -0.304. The second-order valence-corrected chi connectivity index (χ2v) is 5.98. The smallest absolute Gasteiger partial charge is 0.339 e. The summed E-state index contributed by atoms with van der Waals surface area (Å²) in [5.41, 5.74) is 2.00. The lowest BCUT2D eigenvalue weighted by Gasteiger charge is -2.30. The Bertz CT molecular complexity index is 802. The third kappa shape index (κ3) is 3.84. The summed E-state index contributed by atoms with van der Waals surface area (Å²) in [7, 11) is 0. The van der Waals surface area contributed by atoms with Gasteiger partial charge in [-0.15, -0.1) is 0 Å². The summed E-state index contributed by atoms with van der Waals surface area (Å²) in [4.78, 5) is 26.1. The molecule has 0 bridgehead atoms. The molecule has 0 aromatic heterocycles. The number of nitrogens with zero attached hydrogens (tertiary/aromatic N) is 1. The molecule has 0 saturated carbocycles. The molecule has 25 heavy (non-hydrogen) atoms. The Balaban J connectivity index is 1.66. The number of fused-ring (bicyclic) bond motifs is 1. The highest BCUT2D eigenvalue weighted by atomic mass is 19.1. The fourth-order valence-corrected chi connectivity index (χ4v) is 2.89. The average molecular weight is 345 g/mol. The lowest BCUT2D eigenvalue weighted by atomic mass is 9.99. The summed E-state index contributed by atoms with van der Waals surface area (Å²) < 4.78 is 31.5. The van der Waals surface area contributed by atoms with Crippen LogP contribution in [0.3, 0.4) is 0 Å².